The van der Waals surface area contributed by atoms with E-state index < -0.39 is 0 Å². The van der Waals surface area contributed by atoms with E-state index in [1.54, 1.807) is 18.0 Å². The summed E-state index contributed by atoms with van der Waals surface area (Å²) in [6, 6.07) is 11.6. The van der Waals surface area contributed by atoms with Gasteiger partial charge in [0.1, 0.15) is 10.8 Å². The molecule has 0 spiro atoms. The van der Waals surface area contributed by atoms with Gasteiger partial charge in [0.2, 0.25) is 11.9 Å². The number of carbonyl (C=O) groups is 1. The molecule has 0 atom stereocenters. The van der Waals surface area contributed by atoms with Crippen LogP contribution in [-0.4, -0.2) is 38.7 Å². The van der Waals surface area contributed by atoms with Crippen LogP contribution >= 0.6 is 23.1 Å². The van der Waals surface area contributed by atoms with Gasteiger partial charge in [0, 0.05) is 29.9 Å². The first-order valence-electron chi connectivity index (χ1n) is 11.3. The van der Waals surface area contributed by atoms with E-state index in [0.29, 0.717) is 12.3 Å². The van der Waals surface area contributed by atoms with Gasteiger partial charge >= 0.3 is 0 Å². The Morgan fingerprint density at radius 3 is 2.76 bits per heavy atom. The molecule has 1 aliphatic rings. The summed E-state index contributed by atoms with van der Waals surface area (Å²) in [5.74, 6) is 2.36. The second-order valence-electron chi connectivity index (χ2n) is 8.25. The zero-order chi connectivity index (χ0) is 23.3. The van der Waals surface area contributed by atoms with Crippen LogP contribution in [0.5, 0.6) is 0 Å². The number of nitrogens with one attached hydrogen (secondary N) is 1. The van der Waals surface area contributed by atoms with Crippen molar-refractivity contribution in [2.75, 3.05) is 23.3 Å². The number of benzene rings is 1. The van der Waals surface area contributed by atoms with Crippen molar-refractivity contribution in [3.05, 3.63) is 70.1 Å². The third-order valence-electron chi connectivity index (χ3n) is 5.58. The molecule has 0 radical (unpaired) electrons. The van der Waals surface area contributed by atoms with E-state index in [2.05, 4.69) is 30.0 Å². The largest absolute Gasteiger partial charge is 0.467 e. The average Bonchev–Trinajstić information content (AvgIpc) is 3.63. The molecule has 8 nitrogen and oxygen atoms in total. The van der Waals surface area contributed by atoms with Crippen LogP contribution in [0.2, 0.25) is 0 Å². The predicted molar refractivity (Wildman–Crippen MR) is 134 cm³/mol. The summed E-state index contributed by atoms with van der Waals surface area (Å²) < 4.78 is 7.70. The zero-order valence-electron chi connectivity index (χ0n) is 18.9. The number of furan rings is 1. The lowest BCUT2D eigenvalue weighted by molar-refractivity contribution is -0.115. The molecule has 0 unspecified atom stereocenters. The first-order chi connectivity index (χ1) is 16.6. The van der Waals surface area contributed by atoms with Gasteiger partial charge < -0.3 is 14.6 Å². The Labute approximate surface area is 206 Å². The van der Waals surface area contributed by atoms with Crippen LogP contribution in [0.3, 0.4) is 0 Å². The SMILES string of the molecule is Cc1ccc(NC(=O)Cc2nc(CSc3nnc(N4CCCC4)n3Cc3ccco3)cs2)cc1. The molecule has 4 heterocycles. The summed E-state index contributed by atoms with van der Waals surface area (Å²) in [7, 11) is 0. The molecule has 0 bridgehead atoms. The van der Waals surface area contributed by atoms with Gasteiger partial charge in [-0.05, 0) is 44.0 Å². The van der Waals surface area contributed by atoms with Crippen molar-refractivity contribution >= 4 is 40.6 Å². The minimum absolute atomic E-state index is 0.0640. The summed E-state index contributed by atoms with van der Waals surface area (Å²) in [5, 5.41) is 15.5. The van der Waals surface area contributed by atoms with E-state index in [1.807, 2.05) is 48.7 Å². The Bertz CT molecular complexity index is 1230. The molecule has 1 saturated heterocycles. The van der Waals surface area contributed by atoms with Crippen LogP contribution in [0.4, 0.5) is 11.6 Å². The number of carbonyl (C=O) groups excluding carboxylic acids is 1. The van der Waals surface area contributed by atoms with Gasteiger partial charge in [0.15, 0.2) is 5.16 Å². The summed E-state index contributed by atoms with van der Waals surface area (Å²) in [6.07, 6.45) is 4.30. The van der Waals surface area contributed by atoms with Crippen LogP contribution in [-0.2, 0) is 23.5 Å². The van der Waals surface area contributed by atoms with Gasteiger partial charge in [-0.3, -0.25) is 9.36 Å². The molecule has 1 amide bonds. The molecular weight excluding hydrogens is 468 g/mol. The van der Waals surface area contributed by atoms with Crippen LogP contribution in [0.15, 0.2) is 57.6 Å². The van der Waals surface area contributed by atoms with Gasteiger partial charge in [0.25, 0.3) is 0 Å². The maximum atomic E-state index is 12.4. The molecule has 10 heteroatoms. The number of amides is 1. The molecule has 1 aliphatic heterocycles. The molecule has 1 aromatic carbocycles. The Morgan fingerprint density at radius 2 is 2.00 bits per heavy atom. The zero-order valence-corrected chi connectivity index (χ0v) is 20.6. The molecule has 1 fully saturated rings. The number of aromatic nitrogens is 4. The highest BCUT2D eigenvalue weighted by atomic mass is 32.2. The first kappa shape index (κ1) is 22.7. The second-order valence-corrected chi connectivity index (χ2v) is 10.1. The van der Waals surface area contributed by atoms with Crippen molar-refractivity contribution in [1.29, 1.82) is 0 Å². The summed E-state index contributed by atoms with van der Waals surface area (Å²) >= 11 is 3.11. The predicted octanol–water partition coefficient (Wildman–Crippen LogP) is 4.76. The van der Waals surface area contributed by atoms with Crippen LogP contribution in [0.1, 0.15) is 34.9 Å². The fraction of sp³-hybridized carbons (Fsp3) is 0.333. The maximum absolute atomic E-state index is 12.4. The normalized spacial score (nSPS) is 13.5. The van der Waals surface area contributed by atoms with Gasteiger partial charge in [-0.25, -0.2) is 4.98 Å². The fourth-order valence-corrected chi connectivity index (χ4v) is 5.57. The van der Waals surface area contributed by atoms with Crippen LogP contribution in [0, 0.1) is 6.92 Å². The Kier molecular flexibility index (Phi) is 6.96. The lowest BCUT2D eigenvalue weighted by Gasteiger charge is -2.17. The van der Waals surface area contributed by atoms with Crippen molar-refractivity contribution < 1.29 is 9.21 Å². The van der Waals surface area contributed by atoms with Crippen molar-refractivity contribution in [3.8, 4) is 0 Å². The van der Waals surface area contributed by atoms with Crippen molar-refractivity contribution in [2.24, 2.45) is 0 Å². The topological polar surface area (TPSA) is 89.1 Å². The van der Waals surface area contributed by atoms with Crippen molar-refractivity contribution in [2.45, 2.75) is 43.6 Å². The Balaban J connectivity index is 1.22. The van der Waals surface area contributed by atoms with Gasteiger partial charge in [0.05, 0.1) is 24.9 Å². The molecule has 0 aliphatic carbocycles. The van der Waals surface area contributed by atoms with Gasteiger partial charge in [-0.2, -0.15) is 0 Å². The van der Waals surface area contributed by atoms with E-state index in [-0.39, 0.29) is 12.3 Å². The first-order valence-corrected chi connectivity index (χ1v) is 13.1. The number of aryl methyl sites for hydroxylation is 1. The number of anilines is 2. The van der Waals surface area contributed by atoms with Gasteiger partial charge in [-0.15, -0.1) is 21.5 Å². The number of hydrogen-bond donors (Lipinski definition) is 1. The van der Waals surface area contributed by atoms with Gasteiger partial charge in [-0.1, -0.05) is 29.5 Å². The number of nitrogens with zero attached hydrogens (tertiary/aromatic N) is 5. The summed E-state index contributed by atoms with van der Waals surface area (Å²) in [4.78, 5) is 19.3. The monoisotopic (exact) mass is 494 g/mol. The third-order valence-corrected chi connectivity index (χ3v) is 7.47. The molecule has 3 aromatic heterocycles. The molecule has 0 saturated carbocycles. The highest BCUT2D eigenvalue weighted by Crippen LogP contribution is 2.28. The minimum atomic E-state index is -0.0640. The third kappa shape index (κ3) is 5.51. The average molecular weight is 495 g/mol. The smallest absolute Gasteiger partial charge is 0.231 e. The molecular formula is C24H26N6O2S2. The number of thioether (sulfide) groups is 1. The minimum Gasteiger partial charge on any atom is -0.467 e. The molecule has 4 aromatic rings. The molecule has 1 N–H and O–H groups in total. The number of thiazole rings is 1. The lowest BCUT2D eigenvalue weighted by atomic mass is 10.2. The molecule has 5 rings (SSSR count). The van der Waals surface area contributed by atoms with E-state index in [1.165, 1.54) is 24.2 Å². The van der Waals surface area contributed by atoms with Crippen molar-refractivity contribution in [1.82, 2.24) is 19.7 Å². The van der Waals surface area contributed by atoms with E-state index >= 15 is 0 Å². The highest BCUT2D eigenvalue weighted by Gasteiger charge is 2.22. The van der Waals surface area contributed by atoms with Crippen LogP contribution < -0.4 is 10.2 Å². The molecule has 176 valence electrons. The van der Waals surface area contributed by atoms with E-state index in [4.69, 9.17) is 4.42 Å². The van der Waals surface area contributed by atoms with Crippen LogP contribution in [0.25, 0.3) is 0 Å². The van der Waals surface area contributed by atoms with E-state index in [9.17, 15) is 4.79 Å². The number of rotatable bonds is 9. The number of hydrogen-bond acceptors (Lipinski definition) is 8. The maximum Gasteiger partial charge on any atom is 0.231 e. The van der Waals surface area contributed by atoms with E-state index in [0.717, 1.165) is 51.9 Å². The summed E-state index contributed by atoms with van der Waals surface area (Å²) in [6.45, 7) is 4.62. The summed E-state index contributed by atoms with van der Waals surface area (Å²) in [5.41, 5.74) is 2.89. The fourth-order valence-electron chi connectivity index (χ4n) is 3.85. The lowest BCUT2D eigenvalue weighted by Crippen LogP contribution is -2.22. The van der Waals surface area contributed by atoms with Crippen molar-refractivity contribution in [3.63, 3.8) is 0 Å². The Hall–Kier alpha value is -3.11. The second kappa shape index (κ2) is 10.4. The highest BCUT2D eigenvalue weighted by molar-refractivity contribution is 7.98. The Morgan fingerprint density at radius 1 is 1.18 bits per heavy atom. The quantitative estimate of drug-likeness (QED) is 0.336. The molecule has 34 heavy (non-hydrogen) atoms. The standard InChI is InChI=1S/C24H26N6O2S2/c1-17-6-8-18(9-7-17)25-21(31)13-22-26-19(15-33-22)16-34-24-28-27-23(29-10-2-3-11-29)30(24)14-20-5-4-12-32-20/h4-9,12,15H,2-3,10-11,13-14,16H2,1H3,(H,25,31).